The summed E-state index contributed by atoms with van der Waals surface area (Å²) in [7, 11) is -0.228. The Labute approximate surface area is 102 Å². The molecule has 1 aromatic rings. The van der Waals surface area contributed by atoms with E-state index in [2.05, 4.69) is 18.7 Å². The summed E-state index contributed by atoms with van der Waals surface area (Å²) in [4.78, 5) is 7.18. The SMILES string of the molecule is [C-]#[N+]/N=S1/CCCN1Cc1ccc(Cl)nc1. The number of aromatic nitrogens is 1. The molecule has 2 heterocycles. The summed E-state index contributed by atoms with van der Waals surface area (Å²) < 4.78 is 6.14. The van der Waals surface area contributed by atoms with Gasteiger partial charge in [0, 0.05) is 25.0 Å². The van der Waals surface area contributed by atoms with Crippen LogP contribution in [0.1, 0.15) is 12.0 Å². The number of halogens is 1. The second-order valence-electron chi connectivity index (χ2n) is 3.43. The van der Waals surface area contributed by atoms with Gasteiger partial charge in [0.2, 0.25) is 0 Å². The molecular formula is C10H11ClN4S. The Bertz CT molecular complexity index is 437. The van der Waals surface area contributed by atoms with Crippen LogP contribution in [0.2, 0.25) is 5.15 Å². The average molecular weight is 255 g/mol. The molecule has 0 spiro atoms. The molecule has 0 aliphatic carbocycles. The van der Waals surface area contributed by atoms with Crippen LogP contribution in [0.4, 0.5) is 0 Å². The first-order valence-electron chi connectivity index (χ1n) is 4.93. The Kier molecular flexibility index (Phi) is 3.88. The summed E-state index contributed by atoms with van der Waals surface area (Å²) in [6, 6.07) is 3.75. The lowest BCUT2D eigenvalue weighted by Crippen LogP contribution is -2.19. The van der Waals surface area contributed by atoms with E-state index in [1.54, 1.807) is 12.3 Å². The molecule has 0 bridgehead atoms. The summed E-state index contributed by atoms with van der Waals surface area (Å²) in [6.07, 6.45) is 2.89. The maximum atomic E-state index is 6.77. The second kappa shape index (κ2) is 5.39. The Hall–Kier alpha value is -0.960. The third-order valence-corrected chi connectivity index (χ3v) is 4.37. The van der Waals surface area contributed by atoms with Crippen molar-refractivity contribution in [3.05, 3.63) is 40.6 Å². The van der Waals surface area contributed by atoms with E-state index in [0.29, 0.717) is 5.15 Å². The number of hydrogen-bond acceptors (Lipinski definition) is 2. The van der Waals surface area contributed by atoms with E-state index >= 15 is 0 Å². The Morgan fingerprint density at radius 3 is 3.19 bits per heavy atom. The molecule has 0 amide bonds. The summed E-state index contributed by atoms with van der Waals surface area (Å²) >= 11 is 5.73. The van der Waals surface area contributed by atoms with Crippen molar-refractivity contribution in [2.24, 2.45) is 4.47 Å². The predicted molar refractivity (Wildman–Crippen MR) is 65.5 cm³/mol. The van der Waals surface area contributed by atoms with Gasteiger partial charge in [-0.1, -0.05) is 17.7 Å². The molecule has 1 aliphatic heterocycles. The van der Waals surface area contributed by atoms with E-state index in [4.69, 9.17) is 18.2 Å². The van der Waals surface area contributed by atoms with Crippen LogP contribution in [0.5, 0.6) is 0 Å². The van der Waals surface area contributed by atoms with Crippen molar-refractivity contribution in [3.8, 4) is 0 Å². The molecule has 0 N–H and O–H groups in total. The highest BCUT2D eigenvalue weighted by Crippen LogP contribution is 2.16. The van der Waals surface area contributed by atoms with Crippen LogP contribution in [0.3, 0.4) is 0 Å². The van der Waals surface area contributed by atoms with Gasteiger partial charge >= 0.3 is 0 Å². The van der Waals surface area contributed by atoms with Crippen LogP contribution in [0.15, 0.2) is 22.8 Å². The molecule has 1 unspecified atom stereocenters. The Balaban J connectivity index is 2.07. The summed E-state index contributed by atoms with van der Waals surface area (Å²) in [6.45, 7) is 8.58. The van der Waals surface area contributed by atoms with Gasteiger partial charge < -0.3 is 0 Å². The fourth-order valence-electron chi connectivity index (χ4n) is 1.60. The molecule has 6 heteroatoms. The van der Waals surface area contributed by atoms with Crippen LogP contribution in [0, 0.1) is 6.57 Å². The molecule has 0 saturated carbocycles. The zero-order chi connectivity index (χ0) is 11.4. The van der Waals surface area contributed by atoms with E-state index in [0.717, 1.165) is 30.8 Å². The topological polar surface area (TPSA) is 32.9 Å². The molecule has 1 fully saturated rings. The van der Waals surface area contributed by atoms with Crippen LogP contribution in [-0.2, 0) is 17.4 Å². The molecule has 0 radical (unpaired) electrons. The first-order valence-corrected chi connectivity index (χ1v) is 6.62. The van der Waals surface area contributed by atoms with Gasteiger partial charge in [-0.3, -0.25) is 0 Å². The quantitative estimate of drug-likeness (QED) is 0.462. The highest BCUT2D eigenvalue weighted by molar-refractivity contribution is 7.85. The lowest BCUT2D eigenvalue weighted by molar-refractivity contribution is 0.487. The highest BCUT2D eigenvalue weighted by atomic mass is 35.5. The van der Waals surface area contributed by atoms with Crippen molar-refractivity contribution in [1.29, 1.82) is 0 Å². The van der Waals surface area contributed by atoms with Crippen LogP contribution in [-0.4, -0.2) is 21.6 Å². The third kappa shape index (κ3) is 2.79. The lowest BCUT2D eigenvalue weighted by atomic mass is 10.3. The van der Waals surface area contributed by atoms with Gasteiger partial charge in [0.25, 0.3) is 0 Å². The molecular weight excluding hydrogens is 244 g/mol. The maximum absolute atomic E-state index is 6.77. The summed E-state index contributed by atoms with van der Waals surface area (Å²) in [5.74, 6) is 1.00. The molecule has 84 valence electrons. The second-order valence-corrected chi connectivity index (χ2v) is 5.59. The van der Waals surface area contributed by atoms with Gasteiger partial charge in [-0.15, -0.1) is 4.95 Å². The van der Waals surface area contributed by atoms with E-state index < -0.39 is 0 Å². The van der Waals surface area contributed by atoms with E-state index in [1.807, 2.05) is 6.07 Å². The Morgan fingerprint density at radius 2 is 2.50 bits per heavy atom. The van der Waals surface area contributed by atoms with Crippen LogP contribution < -0.4 is 0 Å². The number of rotatable bonds is 2. The fourth-order valence-corrected chi connectivity index (χ4v) is 3.28. The molecule has 1 atom stereocenters. The minimum Gasteiger partial charge on any atom is -0.244 e. The largest absolute Gasteiger partial charge is 0.244 e. The zero-order valence-electron chi connectivity index (χ0n) is 8.64. The van der Waals surface area contributed by atoms with Crippen molar-refractivity contribution in [3.63, 3.8) is 0 Å². The first-order chi connectivity index (χ1) is 7.79. The summed E-state index contributed by atoms with van der Waals surface area (Å²) in [5.41, 5.74) is 1.11. The minimum absolute atomic E-state index is 0.228. The Morgan fingerprint density at radius 1 is 1.62 bits per heavy atom. The molecule has 4 nitrogen and oxygen atoms in total. The van der Waals surface area contributed by atoms with E-state index in [9.17, 15) is 0 Å². The molecule has 1 saturated heterocycles. The minimum atomic E-state index is -0.228. The van der Waals surface area contributed by atoms with Crippen molar-refractivity contribution in [2.75, 3.05) is 12.3 Å². The van der Waals surface area contributed by atoms with Gasteiger partial charge in [-0.05, 0) is 18.1 Å². The predicted octanol–water partition coefficient (Wildman–Crippen LogP) is 2.49. The molecule has 2 rings (SSSR count). The van der Waals surface area contributed by atoms with Crippen LogP contribution >= 0.6 is 11.6 Å². The number of nitrogens with zero attached hydrogens (tertiary/aromatic N) is 4. The highest BCUT2D eigenvalue weighted by Gasteiger charge is 2.20. The maximum Gasteiger partial charge on any atom is 0.129 e. The van der Waals surface area contributed by atoms with Gasteiger partial charge in [0.1, 0.15) is 9.62 Å². The number of pyridine rings is 1. The zero-order valence-corrected chi connectivity index (χ0v) is 10.2. The lowest BCUT2D eigenvalue weighted by Gasteiger charge is -2.13. The van der Waals surface area contributed by atoms with Gasteiger partial charge in [0.15, 0.2) is 0 Å². The first kappa shape index (κ1) is 11.5. The van der Waals surface area contributed by atoms with Crippen molar-refractivity contribution >= 4 is 22.5 Å². The summed E-state index contributed by atoms with van der Waals surface area (Å²) in [5, 5.41) is 0.509. The van der Waals surface area contributed by atoms with Gasteiger partial charge in [0.05, 0.1) is 10.9 Å². The van der Waals surface area contributed by atoms with Gasteiger partial charge in [-0.2, -0.15) is 6.57 Å². The monoisotopic (exact) mass is 254 g/mol. The van der Waals surface area contributed by atoms with Crippen molar-refractivity contribution < 1.29 is 0 Å². The molecule has 1 aliphatic rings. The van der Waals surface area contributed by atoms with E-state index in [-0.39, 0.29) is 10.9 Å². The average Bonchev–Trinajstić information content (AvgIpc) is 2.70. The smallest absolute Gasteiger partial charge is 0.129 e. The molecule has 0 aromatic carbocycles. The standard InChI is InChI=1S/C10H11ClN4S/c1-12-14-16-6-2-5-15(16)8-9-3-4-10(11)13-7-9/h3-4,7H,2,5-6,8H2. The van der Waals surface area contributed by atoms with Gasteiger partial charge in [-0.25, -0.2) is 9.29 Å². The molecule has 1 aromatic heterocycles. The third-order valence-electron chi connectivity index (χ3n) is 2.32. The normalized spacial score (nSPS) is 21.1. The molecule has 16 heavy (non-hydrogen) atoms. The van der Waals surface area contributed by atoms with Crippen molar-refractivity contribution in [2.45, 2.75) is 13.0 Å². The fraction of sp³-hybridized carbons (Fsp3) is 0.400. The van der Waals surface area contributed by atoms with E-state index in [1.165, 1.54) is 0 Å². The number of hydrogen-bond donors (Lipinski definition) is 0. The van der Waals surface area contributed by atoms with Crippen LogP contribution in [0.25, 0.3) is 4.95 Å². The van der Waals surface area contributed by atoms with Crippen molar-refractivity contribution in [1.82, 2.24) is 9.29 Å².